The van der Waals surface area contributed by atoms with Crippen molar-refractivity contribution in [3.63, 3.8) is 0 Å². The van der Waals surface area contributed by atoms with Gasteiger partial charge in [-0.15, -0.1) is 5.10 Å². The van der Waals surface area contributed by atoms with Gasteiger partial charge in [0.15, 0.2) is 5.65 Å². The average molecular weight is 417 g/mol. The molecule has 0 bridgehead atoms. The molecule has 158 valence electrons. The molecule has 1 fully saturated rings. The van der Waals surface area contributed by atoms with Crippen LogP contribution in [0.3, 0.4) is 0 Å². The third-order valence-electron chi connectivity index (χ3n) is 5.58. The summed E-state index contributed by atoms with van der Waals surface area (Å²) >= 11 is 0. The summed E-state index contributed by atoms with van der Waals surface area (Å²) < 4.78 is 3.27. The molecule has 0 radical (unpaired) electrons. The Morgan fingerprint density at radius 2 is 2.10 bits per heavy atom. The monoisotopic (exact) mass is 417 g/mol. The molecule has 0 saturated carbocycles. The smallest absolute Gasteiger partial charge is 0.274 e. The van der Waals surface area contributed by atoms with Crippen LogP contribution in [0.15, 0.2) is 36.9 Å². The van der Waals surface area contributed by atoms with Gasteiger partial charge in [0, 0.05) is 43.8 Å². The van der Waals surface area contributed by atoms with Crippen LogP contribution in [-0.2, 0) is 7.05 Å². The van der Waals surface area contributed by atoms with Crippen molar-refractivity contribution in [3.05, 3.63) is 48.3 Å². The molecule has 1 unspecified atom stereocenters. The van der Waals surface area contributed by atoms with Gasteiger partial charge < -0.3 is 10.2 Å². The molecule has 0 aromatic carbocycles. The maximum atomic E-state index is 13.1. The lowest BCUT2D eigenvalue weighted by atomic mass is 10.1. The van der Waals surface area contributed by atoms with Crippen molar-refractivity contribution >= 4 is 23.2 Å². The summed E-state index contributed by atoms with van der Waals surface area (Å²) in [6, 6.07) is 4.06. The molecule has 4 aromatic rings. The third-order valence-corrected chi connectivity index (χ3v) is 5.58. The van der Waals surface area contributed by atoms with Crippen LogP contribution in [0, 0.1) is 6.92 Å². The van der Waals surface area contributed by atoms with Gasteiger partial charge >= 0.3 is 0 Å². The molecule has 1 aliphatic rings. The first-order valence-corrected chi connectivity index (χ1v) is 10.2. The normalized spacial score (nSPS) is 16.2. The highest BCUT2D eigenvalue weighted by Crippen LogP contribution is 2.25. The Labute approximate surface area is 179 Å². The van der Waals surface area contributed by atoms with Gasteiger partial charge in [-0.2, -0.15) is 10.1 Å². The maximum absolute atomic E-state index is 13.1. The summed E-state index contributed by atoms with van der Waals surface area (Å²) in [7, 11) is 1.73. The fraction of sp³-hybridized carbons (Fsp3) is 0.333. The van der Waals surface area contributed by atoms with E-state index >= 15 is 0 Å². The lowest BCUT2D eigenvalue weighted by Gasteiger charge is -2.18. The van der Waals surface area contributed by atoms with Crippen molar-refractivity contribution in [2.45, 2.75) is 32.7 Å². The van der Waals surface area contributed by atoms with Crippen molar-refractivity contribution in [2.75, 3.05) is 16.8 Å². The van der Waals surface area contributed by atoms with Gasteiger partial charge in [0.2, 0.25) is 5.95 Å². The van der Waals surface area contributed by atoms with Crippen LogP contribution in [0.1, 0.15) is 35.9 Å². The van der Waals surface area contributed by atoms with E-state index < -0.39 is 0 Å². The number of amides is 1. The van der Waals surface area contributed by atoms with Crippen LogP contribution in [0.4, 0.5) is 11.6 Å². The SMILES string of the molecule is Cc1cncc(-c2cnn(C)c2C(=O)Nc2ccn3nc(N4CCCC4C)nc3c2)n1. The maximum Gasteiger partial charge on any atom is 0.274 e. The first-order chi connectivity index (χ1) is 15.0. The number of pyridine rings is 1. The number of anilines is 2. The van der Waals surface area contributed by atoms with Crippen LogP contribution in [0.25, 0.3) is 16.9 Å². The van der Waals surface area contributed by atoms with Crippen molar-refractivity contribution in [2.24, 2.45) is 7.05 Å². The number of hydrogen-bond acceptors (Lipinski definition) is 7. The summed E-state index contributed by atoms with van der Waals surface area (Å²) in [4.78, 5) is 28.6. The second-order valence-electron chi connectivity index (χ2n) is 7.84. The molecule has 31 heavy (non-hydrogen) atoms. The molecule has 0 spiro atoms. The van der Waals surface area contributed by atoms with E-state index in [4.69, 9.17) is 0 Å². The van der Waals surface area contributed by atoms with Gasteiger partial charge in [0.05, 0.1) is 29.3 Å². The predicted octanol–water partition coefficient (Wildman–Crippen LogP) is 2.47. The zero-order valence-corrected chi connectivity index (χ0v) is 17.6. The van der Waals surface area contributed by atoms with Crippen LogP contribution >= 0.6 is 0 Å². The van der Waals surface area contributed by atoms with Gasteiger partial charge in [0.25, 0.3) is 5.91 Å². The van der Waals surface area contributed by atoms with Crippen LogP contribution in [-0.4, -0.2) is 52.8 Å². The molecule has 1 atom stereocenters. The number of nitrogens with zero attached hydrogens (tertiary/aromatic N) is 8. The zero-order valence-electron chi connectivity index (χ0n) is 17.6. The number of fused-ring (bicyclic) bond motifs is 1. The highest BCUT2D eigenvalue weighted by atomic mass is 16.2. The molecule has 4 aromatic heterocycles. The summed E-state index contributed by atoms with van der Waals surface area (Å²) in [5.74, 6) is 0.441. The van der Waals surface area contributed by atoms with Crippen LogP contribution < -0.4 is 10.2 Å². The predicted molar refractivity (Wildman–Crippen MR) is 116 cm³/mol. The molecular formula is C21H23N9O. The Balaban J connectivity index is 1.43. The van der Waals surface area contributed by atoms with E-state index in [9.17, 15) is 4.79 Å². The highest BCUT2D eigenvalue weighted by Gasteiger charge is 2.24. The second-order valence-corrected chi connectivity index (χ2v) is 7.84. The van der Waals surface area contributed by atoms with E-state index in [1.807, 2.05) is 13.0 Å². The third kappa shape index (κ3) is 3.49. The van der Waals surface area contributed by atoms with Gasteiger partial charge in [-0.05, 0) is 32.8 Å². The van der Waals surface area contributed by atoms with Crippen molar-refractivity contribution in [1.29, 1.82) is 0 Å². The Morgan fingerprint density at radius 1 is 1.23 bits per heavy atom. The van der Waals surface area contributed by atoms with Crippen LogP contribution in [0.5, 0.6) is 0 Å². The Kier molecular flexibility index (Phi) is 4.61. The van der Waals surface area contributed by atoms with Crippen LogP contribution in [0.2, 0.25) is 0 Å². The Bertz CT molecular complexity index is 1280. The number of carbonyl (C=O) groups excluding carboxylic acids is 1. The summed E-state index contributed by atoms with van der Waals surface area (Å²) in [5, 5.41) is 11.8. The highest BCUT2D eigenvalue weighted by molar-refractivity contribution is 6.07. The van der Waals surface area contributed by atoms with Gasteiger partial charge in [-0.1, -0.05) is 0 Å². The van der Waals surface area contributed by atoms with Gasteiger partial charge in [0.1, 0.15) is 5.69 Å². The van der Waals surface area contributed by atoms with E-state index in [0.29, 0.717) is 34.3 Å². The summed E-state index contributed by atoms with van der Waals surface area (Å²) in [6.45, 7) is 5.01. The lowest BCUT2D eigenvalue weighted by molar-refractivity contribution is 0.101. The number of aryl methyl sites for hydroxylation is 2. The van der Waals surface area contributed by atoms with Crippen molar-refractivity contribution in [1.82, 2.24) is 34.3 Å². The number of nitrogens with one attached hydrogen (secondary N) is 1. The van der Waals surface area contributed by atoms with E-state index in [0.717, 1.165) is 31.0 Å². The first-order valence-electron chi connectivity index (χ1n) is 10.2. The quantitative estimate of drug-likeness (QED) is 0.544. The molecule has 1 amide bonds. The van der Waals surface area contributed by atoms with Gasteiger partial charge in [-0.3, -0.25) is 14.5 Å². The molecule has 5 rings (SSSR count). The molecule has 0 aliphatic carbocycles. The molecule has 1 N–H and O–H groups in total. The molecule has 1 saturated heterocycles. The molecule has 5 heterocycles. The van der Waals surface area contributed by atoms with E-state index in [1.54, 1.807) is 42.4 Å². The molecule has 1 aliphatic heterocycles. The summed E-state index contributed by atoms with van der Waals surface area (Å²) in [5.41, 5.74) is 3.73. The fourth-order valence-corrected chi connectivity index (χ4v) is 3.98. The van der Waals surface area contributed by atoms with Gasteiger partial charge in [-0.25, -0.2) is 9.50 Å². The summed E-state index contributed by atoms with van der Waals surface area (Å²) in [6.07, 6.45) is 9.03. The topological polar surface area (TPSA) is 106 Å². The van der Waals surface area contributed by atoms with Crippen molar-refractivity contribution < 1.29 is 4.79 Å². The lowest BCUT2D eigenvalue weighted by Crippen LogP contribution is -2.27. The van der Waals surface area contributed by atoms with E-state index in [-0.39, 0.29) is 5.91 Å². The Hall–Kier alpha value is -3.82. The average Bonchev–Trinajstić information content (AvgIpc) is 3.45. The Morgan fingerprint density at radius 3 is 2.87 bits per heavy atom. The second kappa shape index (κ2) is 7.46. The zero-order chi connectivity index (χ0) is 21.5. The minimum atomic E-state index is -0.282. The number of rotatable bonds is 4. The van der Waals surface area contributed by atoms with E-state index in [1.165, 1.54) is 4.68 Å². The minimum Gasteiger partial charge on any atom is -0.337 e. The fourth-order valence-electron chi connectivity index (χ4n) is 3.98. The number of hydrogen-bond donors (Lipinski definition) is 1. The minimum absolute atomic E-state index is 0.282. The molecular weight excluding hydrogens is 394 g/mol. The van der Waals surface area contributed by atoms with Crippen molar-refractivity contribution in [3.8, 4) is 11.3 Å². The molecule has 10 heteroatoms. The number of carbonyl (C=O) groups is 1. The number of aromatic nitrogens is 7. The molecule has 10 nitrogen and oxygen atoms in total. The van der Waals surface area contributed by atoms with E-state index in [2.05, 4.69) is 42.3 Å². The largest absolute Gasteiger partial charge is 0.337 e. The first kappa shape index (κ1) is 19.2. The standard InChI is InChI=1S/C21H23N9O/c1-13-10-22-12-17(24-13)16-11-23-28(3)19(16)20(31)25-15-6-8-30-18(9-15)26-21(27-30)29-7-4-5-14(29)2/h6,8-12,14H,4-5,7H2,1-3H3,(H,25,31).